The number of carbonyl (C=O) groups is 1. The molecule has 0 atom stereocenters. The molecule has 1 aromatic rings. The second-order valence-corrected chi connectivity index (χ2v) is 4.88. The van der Waals surface area contributed by atoms with E-state index in [1.54, 1.807) is 18.2 Å². The average molecular weight is 265 g/mol. The van der Waals surface area contributed by atoms with Gasteiger partial charge in [-0.15, -0.1) is 0 Å². The molecule has 0 amide bonds. The Bertz CT molecular complexity index is 416. The van der Waals surface area contributed by atoms with Crippen molar-refractivity contribution < 1.29 is 13.9 Å². The molecule has 0 spiro atoms. The van der Waals surface area contributed by atoms with E-state index in [0.29, 0.717) is 18.6 Å². The molecule has 1 fully saturated rings. The monoisotopic (exact) mass is 265 g/mol. The fraction of sp³-hybridized carbons (Fsp3) is 0.533. The Morgan fingerprint density at radius 2 is 2.05 bits per heavy atom. The van der Waals surface area contributed by atoms with E-state index < -0.39 is 0 Å². The van der Waals surface area contributed by atoms with Crippen LogP contribution in [0.3, 0.4) is 0 Å². The summed E-state index contributed by atoms with van der Waals surface area (Å²) < 4.78 is 19.0. The van der Waals surface area contributed by atoms with Crippen LogP contribution >= 0.6 is 0 Å². The Kier molecular flexibility index (Phi) is 5.48. The van der Waals surface area contributed by atoms with Gasteiger partial charge in [0.2, 0.25) is 0 Å². The number of Topliss-reactive ketones (excluding diaryl/α,β-unsaturated/α-hetero) is 1. The predicted octanol–water partition coefficient (Wildman–Crippen LogP) is 2.10. The molecule has 0 radical (unpaired) electrons. The quantitative estimate of drug-likeness (QED) is 0.856. The lowest BCUT2D eigenvalue weighted by atomic mass is 10.1. The van der Waals surface area contributed by atoms with Gasteiger partial charge in [-0.2, -0.15) is 0 Å². The number of hydrogen-bond donors (Lipinski definition) is 1. The van der Waals surface area contributed by atoms with Crippen LogP contribution in [0.5, 0.6) is 0 Å². The maximum atomic E-state index is 13.4. The molecule has 0 bridgehead atoms. The van der Waals surface area contributed by atoms with Crippen molar-refractivity contribution in [3.63, 3.8) is 0 Å². The first kappa shape index (κ1) is 14.2. The number of ketones is 1. The standard InChI is InChI=1S/C15H20FNO2/c16-15-4-2-1-3-12(15)11-13(18)7-10-19-14-5-8-17-9-6-14/h1-4,14,17H,5-11H2. The topological polar surface area (TPSA) is 38.3 Å². The third-order valence-corrected chi connectivity index (χ3v) is 3.37. The summed E-state index contributed by atoms with van der Waals surface area (Å²) >= 11 is 0. The van der Waals surface area contributed by atoms with Crippen LogP contribution in [0.25, 0.3) is 0 Å². The molecule has 19 heavy (non-hydrogen) atoms. The fourth-order valence-corrected chi connectivity index (χ4v) is 2.24. The van der Waals surface area contributed by atoms with Crippen molar-refractivity contribution >= 4 is 5.78 Å². The van der Waals surface area contributed by atoms with Crippen molar-refractivity contribution in [3.8, 4) is 0 Å². The van der Waals surface area contributed by atoms with Crippen LogP contribution in [0.1, 0.15) is 24.8 Å². The average Bonchev–Trinajstić information content (AvgIpc) is 2.43. The summed E-state index contributed by atoms with van der Waals surface area (Å²) in [6, 6.07) is 6.41. The zero-order valence-electron chi connectivity index (χ0n) is 11.0. The van der Waals surface area contributed by atoms with Crippen LogP contribution in [-0.2, 0) is 16.0 Å². The van der Waals surface area contributed by atoms with E-state index in [1.807, 2.05) is 0 Å². The molecule has 1 aromatic carbocycles. The third kappa shape index (κ3) is 4.73. The normalized spacial score (nSPS) is 16.5. The van der Waals surface area contributed by atoms with Crippen molar-refractivity contribution in [1.82, 2.24) is 5.32 Å². The smallest absolute Gasteiger partial charge is 0.139 e. The number of halogens is 1. The molecule has 1 saturated heterocycles. The molecule has 0 aliphatic carbocycles. The summed E-state index contributed by atoms with van der Waals surface area (Å²) in [6.07, 6.45) is 2.78. The molecule has 0 aromatic heterocycles. The lowest BCUT2D eigenvalue weighted by molar-refractivity contribution is -0.120. The first-order chi connectivity index (χ1) is 9.25. The van der Waals surface area contributed by atoms with Gasteiger partial charge < -0.3 is 10.1 Å². The Morgan fingerprint density at radius 3 is 2.79 bits per heavy atom. The second-order valence-electron chi connectivity index (χ2n) is 4.88. The summed E-state index contributed by atoms with van der Waals surface area (Å²) in [5, 5.41) is 3.26. The number of rotatable bonds is 6. The third-order valence-electron chi connectivity index (χ3n) is 3.37. The van der Waals surface area contributed by atoms with Crippen LogP contribution in [-0.4, -0.2) is 31.6 Å². The van der Waals surface area contributed by atoms with E-state index in [9.17, 15) is 9.18 Å². The maximum absolute atomic E-state index is 13.4. The molecule has 1 aliphatic heterocycles. The highest BCUT2D eigenvalue weighted by Crippen LogP contribution is 2.10. The highest BCUT2D eigenvalue weighted by molar-refractivity contribution is 5.80. The molecule has 2 rings (SSSR count). The number of benzene rings is 1. The molecule has 0 unspecified atom stereocenters. The summed E-state index contributed by atoms with van der Waals surface area (Å²) in [4.78, 5) is 11.7. The van der Waals surface area contributed by atoms with Gasteiger partial charge in [-0.3, -0.25) is 4.79 Å². The zero-order chi connectivity index (χ0) is 13.5. The zero-order valence-corrected chi connectivity index (χ0v) is 11.0. The number of ether oxygens (including phenoxy) is 1. The minimum absolute atomic E-state index is 0.0269. The number of nitrogens with one attached hydrogen (secondary N) is 1. The van der Waals surface area contributed by atoms with Gasteiger partial charge in [0.15, 0.2) is 0 Å². The molecule has 104 valence electrons. The molecule has 1 heterocycles. The number of carbonyl (C=O) groups excluding carboxylic acids is 1. The molecular weight excluding hydrogens is 245 g/mol. The summed E-state index contributed by atoms with van der Waals surface area (Å²) in [7, 11) is 0. The van der Waals surface area contributed by atoms with Gasteiger partial charge in [0.25, 0.3) is 0 Å². The van der Waals surface area contributed by atoms with Crippen LogP contribution in [0.2, 0.25) is 0 Å². The molecule has 0 saturated carbocycles. The van der Waals surface area contributed by atoms with E-state index in [4.69, 9.17) is 4.74 Å². The Hall–Kier alpha value is -1.26. The van der Waals surface area contributed by atoms with Gasteiger partial charge in [-0.1, -0.05) is 18.2 Å². The van der Waals surface area contributed by atoms with E-state index in [0.717, 1.165) is 25.9 Å². The maximum Gasteiger partial charge on any atom is 0.139 e. The second kappa shape index (κ2) is 7.36. The largest absolute Gasteiger partial charge is 0.378 e. The van der Waals surface area contributed by atoms with E-state index in [2.05, 4.69) is 5.32 Å². The fourth-order valence-electron chi connectivity index (χ4n) is 2.24. The van der Waals surface area contributed by atoms with Crippen LogP contribution in [0.4, 0.5) is 4.39 Å². The van der Waals surface area contributed by atoms with Crippen LogP contribution in [0.15, 0.2) is 24.3 Å². The van der Waals surface area contributed by atoms with Crippen LogP contribution < -0.4 is 5.32 Å². The van der Waals surface area contributed by atoms with Crippen molar-refractivity contribution in [2.75, 3.05) is 19.7 Å². The Labute approximate surface area is 113 Å². The van der Waals surface area contributed by atoms with Crippen LogP contribution in [0, 0.1) is 5.82 Å². The lowest BCUT2D eigenvalue weighted by Gasteiger charge is -2.22. The first-order valence-corrected chi connectivity index (χ1v) is 6.83. The molecular formula is C15H20FNO2. The first-order valence-electron chi connectivity index (χ1n) is 6.83. The van der Waals surface area contributed by atoms with Crippen molar-refractivity contribution in [3.05, 3.63) is 35.6 Å². The predicted molar refractivity (Wildman–Crippen MR) is 71.6 cm³/mol. The molecule has 1 N–H and O–H groups in total. The van der Waals surface area contributed by atoms with Gasteiger partial charge in [0.1, 0.15) is 11.6 Å². The highest BCUT2D eigenvalue weighted by atomic mass is 19.1. The summed E-state index contributed by atoms with van der Waals surface area (Å²) in [5.41, 5.74) is 0.467. The Balaban J connectivity index is 1.68. The SMILES string of the molecule is O=C(CCOC1CCNCC1)Cc1ccccc1F. The van der Waals surface area contributed by atoms with Gasteiger partial charge in [-0.05, 0) is 37.6 Å². The lowest BCUT2D eigenvalue weighted by Crippen LogP contribution is -2.32. The van der Waals surface area contributed by atoms with Gasteiger partial charge >= 0.3 is 0 Å². The van der Waals surface area contributed by atoms with Gasteiger partial charge in [0.05, 0.1) is 12.7 Å². The summed E-state index contributed by atoms with van der Waals surface area (Å²) in [5.74, 6) is -0.283. The van der Waals surface area contributed by atoms with E-state index in [1.165, 1.54) is 6.07 Å². The minimum Gasteiger partial charge on any atom is -0.378 e. The van der Waals surface area contributed by atoms with Gasteiger partial charge in [-0.25, -0.2) is 4.39 Å². The van der Waals surface area contributed by atoms with Crippen molar-refractivity contribution in [1.29, 1.82) is 0 Å². The van der Waals surface area contributed by atoms with Gasteiger partial charge in [0, 0.05) is 12.8 Å². The minimum atomic E-state index is -0.310. The highest BCUT2D eigenvalue weighted by Gasteiger charge is 2.14. The van der Waals surface area contributed by atoms with Crippen molar-refractivity contribution in [2.24, 2.45) is 0 Å². The number of piperidine rings is 1. The molecule has 4 heteroatoms. The number of hydrogen-bond acceptors (Lipinski definition) is 3. The van der Waals surface area contributed by atoms with E-state index >= 15 is 0 Å². The van der Waals surface area contributed by atoms with E-state index in [-0.39, 0.29) is 24.1 Å². The van der Waals surface area contributed by atoms with Crippen molar-refractivity contribution in [2.45, 2.75) is 31.8 Å². The molecule has 3 nitrogen and oxygen atoms in total. The Morgan fingerprint density at radius 1 is 1.32 bits per heavy atom. The summed E-state index contributed by atoms with van der Waals surface area (Å²) in [6.45, 7) is 2.40. The molecule has 1 aliphatic rings.